The summed E-state index contributed by atoms with van der Waals surface area (Å²) in [6, 6.07) is 14.7. The smallest absolute Gasteiger partial charge is 0.0312 e. The van der Waals surface area contributed by atoms with Crippen LogP contribution in [0.5, 0.6) is 0 Å². The molecule has 0 unspecified atom stereocenters. The van der Waals surface area contributed by atoms with Gasteiger partial charge in [0.25, 0.3) is 0 Å². The normalized spacial score (nSPS) is 10.9. The van der Waals surface area contributed by atoms with E-state index in [1.165, 1.54) is 11.1 Å². The third kappa shape index (κ3) is 5.11. The Bertz CT molecular complexity index is 470. The number of hydrogen-bond acceptors (Lipinski definition) is 3. The van der Waals surface area contributed by atoms with Gasteiger partial charge in [-0.15, -0.1) is 0 Å². The Morgan fingerprint density at radius 2 is 1.85 bits per heavy atom. The van der Waals surface area contributed by atoms with E-state index in [9.17, 15) is 0 Å². The van der Waals surface area contributed by atoms with E-state index < -0.39 is 0 Å². The maximum Gasteiger partial charge on any atom is 0.0312 e. The highest BCUT2D eigenvalue weighted by molar-refractivity contribution is 5.14. The van der Waals surface area contributed by atoms with Crippen LogP contribution in [0.15, 0.2) is 54.9 Å². The molecular weight excluding hydrogens is 246 g/mol. The number of likely N-dealkylation sites (N-methyl/N-ethyl adjacent to an activating group) is 1. The SMILES string of the molecule is CCN(CCNCc1cccnc1)Cc1ccccc1. The van der Waals surface area contributed by atoms with E-state index in [1.807, 2.05) is 18.5 Å². The number of hydrogen-bond donors (Lipinski definition) is 1. The highest BCUT2D eigenvalue weighted by Crippen LogP contribution is 2.03. The Morgan fingerprint density at radius 3 is 2.55 bits per heavy atom. The van der Waals surface area contributed by atoms with Crippen molar-refractivity contribution in [2.45, 2.75) is 20.0 Å². The first-order valence-electron chi connectivity index (χ1n) is 7.24. The fourth-order valence-corrected chi connectivity index (χ4v) is 2.16. The lowest BCUT2D eigenvalue weighted by Gasteiger charge is -2.20. The third-order valence-corrected chi connectivity index (χ3v) is 3.35. The van der Waals surface area contributed by atoms with E-state index in [4.69, 9.17) is 0 Å². The Balaban J connectivity index is 1.69. The second kappa shape index (κ2) is 8.46. The summed E-state index contributed by atoms with van der Waals surface area (Å²) in [7, 11) is 0. The number of nitrogens with one attached hydrogen (secondary N) is 1. The largest absolute Gasteiger partial charge is 0.311 e. The van der Waals surface area contributed by atoms with E-state index in [2.05, 4.69) is 58.5 Å². The molecule has 0 aliphatic heterocycles. The predicted molar refractivity (Wildman–Crippen MR) is 83.3 cm³/mol. The highest BCUT2D eigenvalue weighted by atomic mass is 15.1. The summed E-state index contributed by atoms with van der Waals surface area (Å²) in [5, 5.41) is 3.47. The van der Waals surface area contributed by atoms with Gasteiger partial charge in [0.05, 0.1) is 0 Å². The molecule has 0 radical (unpaired) electrons. The Kier molecular flexibility index (Phi) is 6.21. The quantitative estimate of drug-likeness (QED) is 0.747. The first kappa shape index (κ1) is 14.7. The molecule has 3 heteroatoms. The number of rotatable bonds is 8. The second-order valence-corrected chi connectivity index (χ2v) is 4.89. The summed E-state index contributed by atoms with van der Waals surface area (Å²) >= 11 is 0. The first-order chi connectivity index (χ1) is 9.88. The maximum absolute atomic E-state index is 4.12. The van der Waals surface area contributed by atoms with Crippen LogP contribution < -0.4 is 5.32 Å². The number of benzene rings is 1. The summed E-state index contributed by atoms with van der Waals surface area (Å²) in [4.78, 5) is 6.57. The Labute approximate surface area is 121 Å². The molecule has 0 bridgehead atoms. The van der Waals surface area contributed by atoms with Crippen LogP contribution in [-0.4, -0.2) is 29.5 Å². The molecule has 1 aromatic carbocycles. The molecule has 1 aromatic heterocycles. The zero-order valence-corrected chi connectivity index (χ0v) is 12.1. The van der Waals surface area contributed by atoms with Crippen molar-refractivity contribution >= 4 is 0 Å². The second-order valence-electron chi connectivity index (χ2n) is 4.89. The topological polar surface area (TPSA) is 28.2 Å². The standard InChI is InChI=1S/C17H23N3/c1-2-20(15-16-7-4-3-5-8-16)12-11-19-14-17-9-6-10-18-13-17/h3-10,13,19H,2,11-12,14-15H2,1H3. The minimum atomic E-state index is 0.886. The Morgan fingerprint density at radius 1 is 1.05 bits per heavy atom. The van der Waals surface area contributed by atoms with Crippen molar-refractivity contribution in [2.75, 3.05) is 19.6 Å². The van der Waals surface area contributed by atoms with Crippen LogP contribution in [-0.2, 0) is 13.1 Å². The highest BCUT2D eigenvalue weighted by Gasteiger charge is 2.02. The van der Waals surface area contributed by atoms with Gasteiger partial charge in [0.15, 0.2) is 0 Å². The van der Waals surface area contributed by atoms with Crippen LogP contribution in [0.1, 0.15) is 18.1 Å². The van der Waals surface area contributed by atoms with E-state index in [1.54, 1.807) is 0 Å². The van der Waals surface area contributed by atoms with Crippen molar-refractivity contribution in [1.82, 2.24) is 15.2 Å². The molecule has 0 fully saturated rings. The van der Waals surface area contributed by atoms with Crippen molar-refractivity contribution in [3.63, 3.8) is 0 Å². The van der Waals surface area contributed by atoms with Crippen molar-refractivity contribution in [3.8, 4) is 0 Å². The summed E-state index contributed by atoms with van der Waals surface area (Å²) in [6.07, 6.45) is 3.72. The van der Waals surface area contributed by atoms with E-state index in [0.717, 1.165) is 32.7 Å². The number of pyridine rings is 1. The minimum absolute atomic E-state index is 0.886. The molecule has 106 valence electrons. The van der Waals surface area contributed by atoms with E-state index >= 15 is 0 Å². The fraction of sp³-hybridized carbons (Fsp3) is 0.353. The molecule has 0 spiro atoms. The molecule has 2 aromatic rings. The lowest BCUT2D eigenvalue weighted by Crippen LogP contribution is -2.31. The maximum atomic E-state index is 4.12. The number of nitrogens with zero attached hydrogens (tertiary/aromatic N) is 2. The molecule has 1 heterocycles. The van der Waals surface area contributed by atoms with Gasteiger partial charge in [-0.1, -0.05) is 43.3 Å². The minimum Gasteiger partial charge on any atom is -0.311 e. The van der Waals surface area contributed by atoms with Crippen molar-refractivity contribution in [1.29, 1.82) is 0 Å². The molecular formula is C17H23N3. The molecule has 0 saturated carbocycles. The molecule has 3 nitrogen and oxygen atoms in total. The lowest BCUT2D eigenvalue weighted by molar-refractivity contribution is 0.279. The summed E-state index contributed by atoms with van der Waals surface area (Å²) in [6.45, 7) is 7.25. The average molecular weight is 269 g/mol. The van der Waals surface area contributed by atoms with Crippen LogP contribution in [0.4, 0.5) is 0 Å². The monoisotopic (exact) mass is 269 g/mol. The fourth-order valence-electron chi connectivity index (χ4n) is 2.16. The molecule has 0 amide bonds. The zero-order chi connectivity index (χ0) is 14.0. The van der Waals surface area contributed by atoms with Gasteiger partial charge in [-0.05, 0) is 23.7 Å². The lowest BCUT2D eigenvalue weighted by atomic mass is 10.2. The number of aromatic nitrogens is 1. The van der Waals surface area contributed by atoms with Crippen LogP contribution in [0.3, 0.4) is 0 Å². The van der Waals surface area contributed by atoms with Crippen molar-refractivity contribution in [2.24, 2.45) is 0 Å². The Hall–Kier alpha value is -1.71. The molecule has 20 heavy (non-hydrogen) atoms. The van der Waals surface area contributed by atoms with Crippen LogP contribution in [0.25, 0.3) is 0 Å². The van der Waals surface area contributed by atoms with Gasteiger partial charge < -0.3 is 5.32 Å². The molecule has 0 aliphatic rings. The van der Waals surface area contributed by atoms with Gasteiger partial charge in [0.2, 0.25) is 0 Å². The van der Waals surface area contributed by atoms with Gasteiger partial charge in [0, 0.05) is 38.6 Å². The molecule has 0 atom stereocenters. The molecule has 2 rings (SSSR count). The van der Waals surface area contributed by atoms with Crippen molar-refractivity contribution in [3.05, 3.63) is 66.0 Å². The first-order valence-corrected chi connectivity index (χ1v) is 7.24. The third-order valence-electron chi connectivity index (χ3n) is 3.35. The summed E-state index contributed by atoms with van der Waals surface area (Å²) < 4.78 is 0. The van der Waals surface area contributed by atoms with E-state index in [0.29, 0.717) is 0 Å². The zero-order valence-electron chi connectivity index (χ0n) is 12.1. The molecule has 0 aliphatic carbocycles. The average Bonchev–Trinajstić information content (AvgIpc) is 2.52. The van der Waals surface area contributed by atoms with Gasteiger partial charge in [-0.3, -0.25) is 9.88 Å². The van der Waals surface area contributed by atoms with Crippen molar-refractivity contribution < 1.29 is 0 Å². The van der Waals surface area contributed by atoms with Crippen LogP contribution in [0, 0.1) is 0 Å². The molecule has 1 N–H and O–H groups in total. The van der Waals surface area contributed by atoms with Gasteiger partial charge in [-0.2, -0.15) is 0 Å². The van der Waals surface area contributed by atoms with E-state index in [-0.39, 0.29) is 0 Å². The van der Waals surface area contributed by atoms with Crippen LogP contribution in [0.2, 0.25) is 0 Å². The van der Waals surface area contributed by atoms with Gasteiger partial charge in [0.1, 0.15) is 0 Å². The molecule has 0 saturated heterocycles. The van der Waals surface area contributed by atoms with Gasteiger partial charge in [-0.25, -0.2) is 0 Å². The summed E-state index contributed by atoms with van der Waals surface area (Å²) in [5.74, 6) is 0. The predicted octanol–water partition coefficient (Wildman–Crippen LogP) is 2.69. The van der Waals surface area contributed by atoms with Crippen LogP contribution >= 0.6 is 0 Å². The van der Waals surface area contributed by atoms with Gasteiger partial charge >= 0.3 is 0 Å². The summed E-state index contributed by atoms with van der Waals surface area (Å²) in [5.41, 5.74) is 2.61.